The van der Waals surface area contributed by atoms with Gasteiger partial charge in [0.15, 0.2) is 5.16 Å². The fourth-order valence-electron chi connectivity index (χ4n) is 2.56. The largest absolute Gasteiger partial charge is 0.384 e. The molecule has 24 heavy (non-hydrogen) atoms. The molecule has 1 fully saturated rings. The van der Waals surface area contributed by atoms with E-state index in [0.717, 1.165) is 11.3 Å². The molecule has 2 heterocycles. The van der Waals surface area contributed by atoms with Crippen LogP contribution in [0.15, 0.2) is 41.6 Å². The Balaban J connectivity index is 1.88. The summed E-state index contributed by atoms with van der Waals surface area (Å²) in [6.45, 7) is 4.24. The molecular formula is C17H20N4O2S. The lowest BCUT2D eigenvalue weighted by molar-refractivity contribution is -0.134. The summed E-state index contributed by atoms with van der Waals surface area (Å²) in [5.74, 6) is 0.466. The van der Waals surface area contributed by atoms with Crippen molar-refractivity contribution in [3.63, 3.8) is 0 Å². The summed E-state index contributed by atoms with van der Waals surface area (Å²) in [6, 6.07) is 11.4. The van der Waals surface area contributed by atoms with Gasteiger partial charge in [-0.25, -0.2) is 9.97 Å². The van der Waals surface area contributed by atoms with Crippen LogP contribution in [0.2, 0.25) is 0 Å². The number of rotatable bonds is 4. The van der Waals surface area contributed by atoms with E-state index < -0.39 is 5.25 Å². The number of aromatic nitrogens is 2. The fraction of sp³-hybridized carbons (Fsp3) is 0.353. The van der Waals surface area contributed by atoms with Crippen molar-refractivity contribution in [2.24, 2.45) is 0 Å². The fourth-order valence-corrected chi connectivity index (χ4v) is 3.67. The summed E-state index contributed by atoms with van der Waals surface area (Å²) in [6.07, 6.45) is 0. The molecule has 0 bridgehead atoms. The van der Waals surface area contributed by atoms with Crippen LogP contribution in [-0.4, -0.2) is 47.1 Å². The van der Waals surface area contributed by atoms with Crippen LogP contribution in [0.3, 0.4) is 0 Å². The predicted octanol–water partition coefficient (Wildman–Crippen LogP) is 2.06. The van der Waals surface area contributed by atoms with Gasteiger partial charge in [0.25, 0.3) is 0 Å². The number of aryl methyl sites for hydroxylation is 1. The summed E-state index contributed by atoms with van der Waals surface area (Å²) < 4.78 is 5.34. The van der Waals surface area contributed by atoms with Gasteiger partial charge in [-0.1, -0.05) is 42.1 Å². The van der Waals surface area contributed by atoms with Crippen molar-refractivity contribution >= 4 is 23.5 Å². The zero-order valence-electron chi connectivity index (χ0n) is 13.5. The summed E-state index contributed by atoms with van der Waals surface area (Å²) >= 11 is 1.34. The lowest BCUT2D eigenvalue weighted by atomic mass is 10.1. The van der Waals surface area contributed by atoms with E-state index in [1.165, 1.54) is 11.8 Å². The highest BCUT2D eigenvalue weighted by molar-refractivity contribution is 8.00. The molecule has 0 spiro atoms. The van der Waals surface area contributed by atoms with Crippen molar-refractivity contribution in [3.05, 3.63) is 47.7 Å². The minimum absolute atomic E-state index is 0.0539. The van der Waals surface area contributed by atoms with Crippen LogP contribution in [-0.2, 0) is 9.53 Å². The standard InChI is InChI=1S/C17H20N4O2S/c1-12-11-14(18)20-17(19-12)24-15(13-5-3-2-4-6-13)16(22)21-7-9-23-10-8-21/h2-6,11,15H,7-10H2,1H3,(H2,18,19,20)/t15-/m0/s1. The Morgan fingerprint density at radius 3 is 2.62 bits per heavy atom. The summed E-state index contributed by atoms with van der Waals surface area (Å²) in [5, 5.41) is 0.119. The van der Waals surface area contributed by atoms with E-state index in [0.29, 0.717) is 37.3 Å². The lowest BCUT2D eigenvalue weighted by Gasteiger charge is -2.30. The molecule has 0 unspecified atom stereocenters. The molecule has 1 aromatic heterocycles. The van der Waals surface area contributed by atoms with E-state index in [4.69, 9.17) is 10.5 Å². The number of benzene rings is 1. The zero-order chi connectivity index (χ0) is 16.9. The number of hydrogen-bond donors (Lipinski definition) is 1. The SMILES string of the molecule is Cc1cc(N)nc(S[C@H](C(=O)N2CCOCC2)c2ccccc2)n1. The van der Waals surface area contributed by atoms with E-state index in [1.54, 1.807) is 6.07 Å². The van der Waals surface area contributed by atoms with Crippen molar-refractivity contribution in [2.45, 2.75) is 17.3 Å². The van der Waals surface area contributed by atoms with E-state index in [9.17, 15) is 4.79 Å². The van der Waals surface area contributed by atoms with Crippen molar-refractivity contribution in [1.82, 2.24) is 14.9 Å². The van der Waals surface area contributed by atoms with Gasteiger partial charge in [0, 0.05) is 24.8 Å². The van der Waals surface area contributed by atoms with E-state index >= 15 is 0 Å². The Bertz CT molecular complexity index is 685. The summed E-state index contributed by atoms with van der Waals surface area (Å²) in [5.41, 5.74) is 7.54. The topological polar surface area (TPSA) is 81.3 Å². The van der Waals surface area contributed by atoms with Crippen LogP contribution in [0.5, 0.6) is 0 Å². The number of thioether (sulfide) groups is 1. The van der Waals surface area contributed by atoms with Crippen molar-refractivity contribution in [3.8, 4) is 0 Å². The molecule has 1 aliphatic heterocycles. The highest BCUT2D eigenvalue weighted by Gasteiger charge is 2.29. The Hall–Kier alpha value is -2.12. The third-order valence-electron chi connectivity index (χ3n) is 3.73. The number of carbonyl (C=O) groups is 1. The van der Waals surface area contributed by atoms with Gasteiger partial charge in [0.05, 0.1) is 13.2 Å². The second-order valence-corrected chi connectivity index (χ2v) is 6.64. The number of nitrogen functional groups attached to an aromatic ring is 1. The monoisotopic (exact) mass is 344 g/mol. The van der Waals surface area contributed by atoms with Gasteiger partial charge in [-0.2, -0.15) is 0 Å². The molecule has 2 N–H and O–H groups in total. The van der Waals surface area contributed by atoms with Crippen LogP contribution in [0.25, 0.3) is 0 Å². The number of carbonyl (C=O) groups excluding carboxylic acids is 1. The first-order chi connectivity index (χ1) is 11.6. The predicted molar refractivity (Wildman–Crippen MR) is 93.6 cm³/mol. The summed E-state index contributed by atoms with van der Waals surface area (Å²) in [4.78, 5) is 23.5. The molecule has 2 aromatic rings. The number of amides is 1. The lowest BCUT2D eigenvalue weighted by Crippen LogP contribution is -2.42. The minimum Gasteiger partial charge on any atom is -0.384 e. The molecule has 3 rings (SSSR count). The zero-order valence-corrected chi connectivity index (χ0v) is 14.3. The minimum atomic E-state index is -0.398. The first-order valence-electron chi connectivity index (χ1n) is 7.83. The quantitative estimate of drug-likeness (QED) is 0.675. The first kappa shape index (κ1) is 16.7. The second kappa shape index (κ2) is 7.63. The maximum Gasteiger partial charge on any atom is 0.240 e. The number of ether oxygens (including phenoxy) is 1. The van der Waals surface area contributed by atoms with Gasteiger partial charge in [0.2, 0.25) is 5.91 Å². The number of nitrogens with two attached hydrogens (primary N) is 1. The summed E-state index contributed by atoms with van der Waals surface area (Å²) in [7, 11) is 0. The van der Waals surface area contributed by atoms with Crippen LogP contribution in [0, 0.1) is 6.92 Å². The van der Waals surface area contributed by atoms with Crippen LogP contribution < -0.4 is 5.73 Å². The van der Waals surface area contributed by atoms with E-state index in [-0.39, 0.29) is 5.91 Å². The normalized spacial score (nSPS) is 16.0. The molecule has 1 atom stereocenters. The first-order valence-corrected chi connectivity index (χ1v) is 8.71. The smallest absolute Gasteiger partial charge is 0.240 e. The van der Waals surface area contributed by atoms with E-state index in [2.05, 4.69) is 9.97 Å². The van der Waals surface area contributed by atoms with Crippen molar-refractivity contribution in [1.29, 1.82) is 0 Å². The van der Waals surface area contributed by atoms with Crippen molar-refractivity contribution in [2.75, 3.05) is 32.0 Å². The molecule has 1 amide bonds. The number of nitrogens with zero attached hydrogens (tertiary/aromatic N) is 3. The van der Waals surface area contributed by atoms with Gasteiger partial charge < -0.3 is 15.4 Å². The van der Waals surface area contributed by atoms with E-state index in [1.807, 2.05) is 42.2 Å². The Morgan fingerprint density at radius 2 is 1.96 bits per heavy atom. The number of morpholine rings is 1. The molecule has 1 aromatic carbocycles. The Morgan fingerprint density at radius 1 is 1.25 bits per heavy atom. The number of hydrogen-bond acceptors (Lipinski definition) is 6. The van der Waals surface area contributed by atoms with Crippen molar-refractivity contribution < 1.29 is 9.53 Å². The maximum absolute atomic E-state index is 13.0. The highest BCUT2D eigenvalue weighted by atomic mass is 32.2. The number of anilines is 1. The Kier molecular flexibility index (Phi) is 5.32. The third-order valence-corrected chi connectivity index (χ3v) is 4.83. The Labute approximate surface area is 145 Å². The average molecular weight is 344 g/mol. The molecule has 7 heteroatoms. The van der Waals surface area contributed by atoms with Gasteiger partial charge in [-0.05, 0) is 12.5 Å². The third kappa shape index (κ3) is 4.04. The molecule has 0 radical (unpaired) electrons. The molecular weight excluding hydrogens is 324 g/mol. The molecule has 6 nitrogen and oxygen atoms in total. The highest BCUT2D eigenvalue weighted by Crippen LogP contribution is 2.35. The molecule has 0 aliphatic carbocycles. The molecule has 1 aliphatic rings. The van der Waals surface area contributed by atoms with Gasteiger partial charge >= 0.3 is 0 Å². The second-order valence-electron chi connectivity index (χ2n) is 5.56. The maximum atomic E-state index is 13.0. The average Bonchev–Trinajstić information content (AvgIpc) is 2.60. The van der Waals surface area contributed by atoms with Gasteiger partial charge in [0.1, 0.15) is 11.1 Å². The molecule has 1 saturated heterocycles. The van der Waals surface area contributed by atoms with Gasteiger partial charge in [-0.3, -0.25) is 4.79 Å². The van der Waals surface area contributed by atoms with Crippen LogP contribution in [0.1, 0.15) is 16.5 Å². The molecule has 0 saturated carbocycles. The molecule has 126 valence electrons. The van der Waals surface area contributed by atoms with Gasteiger partial charge in [-0.15, -0.1) is 0 Å². The van der Waals surface area contributed by atoms with Crippen LogP contribution in [0.4, 0.5) is 5.82 Å². The van der Waals surface area contributed by atoms with Crippen LogP contribution >= 0.6 is 11.8 Å².